The van der Waals surface area contributed by atoms with Gasteiger partial charge in [0.25, 0.3) is 0 Å². The summed E-state index contributed by atoms with van der Waals surface area (Å²) in [6, 6.07) is 12.2. The number of hydrogen-bond acceptors (Lipinski definition) is 4. The fourth-order valence-corrected chi connectivity index (χ4v) is 3.97. The fraction of sp³-hybridized carbons (Fsp3) is 0.300. The molecule has 1 fully saturated rings. The molecule has 0 spiro atoms. The van der Waals surface area contributed by atoms with Gasteiger partial charge in [0.05, 0.1) is 5.92 Å². The summed E-state index contributed by atoms with van der Waals surface area (Å²) in [7, 11) is 0. The van der Waals surface area contributed by atoms with Crippen LogP contribution in [-0.4, -0.2) is 17.0 Å². The molecule has 1 aliphatic carbocycles. The first-order valence-electron chi connectivity index (χ1n) is 8.89. The van der Waals surface area contributed by atoms with Crippen LogP contribution in [0.15, 0.2) is 42.5 Å². The van der Waals surface area contributed by atoms with Crippen LogP contribution in [0, 0.1) is 11.8 Å². The third-order valence-corrected chi connectivity index (χ3v) is 5.19. The van der Waals surface area contributed by atoms with Gasteiger partial charge < -0.3 is 10.1 Å². The van der Waals surface area contributed by atoms with Crippen molar-refractivity contribution in [3.63, 3.8) is 0 Å². The average molecular weight is 423 g/mol. The topological polar surface area (TPSA) is 87.7 Å². The maximum absolute atomic E-state index is 12.5. The minimum atomic E-state index is -0.512. The van der Waals surface area contributed by atoms with Gasteiger partial charge in [-0.05, 0) is 60.9 Å². The van der Waals surface area contributed by atoms with E-state index in [1.807, 2.05) is 0 Å². The molecule has 2 aromatic carbocycles. The van der Waals surface area contributed by atoms with E-state index in [0.717, 1.165) is 12.0 Å². The molecule has 0 aromatic heterocycles. The van der Waals surface area contributed by atoms with Gasteiger partial charge in [0, 0.05) is 21.7 Å². The van der Waals surface area contributed by atoms with Crippen LogP contribution < -0.4 is 15.5 Å². The van der Waals surface area contributed by atoms with Gasteiger partial charge in [-0.25, -0.2) is 5.48 Å². The summed E-state index contributed by atoms with van der Waals surface area (Å²) in [5.41, 5.74) is 3.11. The van der Waals surface area contributed by atoms with Gasteiger partial charge in [-0.3, -0.25) is 14.8 Å². The van der Waals surface area contributed by atoms with Gasteiger partial charge in [0.15, 0.2) is 0 Å². The smallest absolute Gasteiger partial charge is 0.247 e. The molecule has 2 atom stereocenters. The largest absolute Gasteiger partial charge is 0.489 e. The lowest BCUT2D eigenvalue weighted by atomic mass is 9.94. The highest BCUT2D eigenvalue weighted by Crippen LogP contribution is 2.33. The first kappa shape index (κ1) is 20.5. The second-order valence-corrected chi connectivity index (χ2v) is 7.57. The molecule has 0 saturated heterocycles. The molecule has 0 aliphatic heterocycles. The van der Waals surface area contributed by atoms with E-state index in [-0.39, 0.29) is 5.91 Å². The number of hydrogen-bond donors (Lipinski definition) is 3. The molecule has 8 heteroatoms. The van der Waals surface area contributed by atoms with Gasteiger partial charge >= 0.3 is 0 Å². The minimum absolute atomic E-state index is 0.228. The van der Waals surface area contributed by atoms with Crippen molar-refractivity contribution in [1.82, 2.24) is 5.48 Å². The Morgan fingerprint density at radius 1 is 1.00 bits per heavy atom. The molecule has 28 heavy (non-hydrogen) atoms. The van der Waals surface area contributed by atoms with Crippen LogP contribution in [0.5, 0.6) is 5.75 Å². The highest BCUT2D eigenvalue weighted by Gasteiger charge is 2.37. The molecule has 1 aliphatic rings. The van der Waals surface area contributed by atoms with Gasteiger partial charge in [-0.15, -0.1) is 0 Å². The van der Waals surface area contributed by atoms with Crippen molar-refractivity contribution in [2.45, 2.75) is 25.9 Å². The Balaban J connectivity index is 1.56. The Hall–Kier alpha value is -2.28. The highest BCUT2D eigenvalue weighted by atomic mass is 35.5. The minimum Gasteiger partial charge on any atom is -0.489 e. The Morgan fingerprint density at radius 2 is 1.61 bits per heavy atom. The van der Waals surface area contributed by atoms with Crippen molar-refractivity contribution in [3.8, 4) is 5.75 Å². The van der Waals surface area contributed by atoms with Crippen LogP contribution in [0.4, 0.5) is 5.69 Å². The van der Waals surface area contributed by atoms with E-state index in [4.69, 9.17) is 33.1 Å². The van der Waals surface area contributed by atoms with Gasteiger partial charge in [0.2, 0.25) is 11.8 Å². The predicted molar refractivity (Wildman–Crippen MR) is 107 cm³/mol. The quantitative estimate of drug-likeness (QED) is 0.474. The van der Waals surface area contributed by atoms with Gasteiger partial charge in [-0.1, -0.05) is 29.6 Å². The Bertz CT molecular complexity index is 838. The van der Waals surface area contributed by atoms with Crippen molar-refractivity contribution < 1.29 is 19.5 Å². The zero-order chi connectivity index (χ0) is 20.1. The van der Waals surface area contributed by atoms with Crippen molar-refractivity contribution in [3.05, 3.63) is 58.1 Å². The Labute approximate surface area is 172 Å². The summed E-state index contributed by atoms with van der Waals surface area (Å²) in [6.45, 7) is 0.312. The van der Waals surface area contributed by atoms with Crippen molar-refractivity contribution in [2.75, 3.05) is 5.32 Å². The van der Waals surface area contributed by atoms with Crippen LogP contribution in [0.2, 0.25) is 10.0 Å². The van der Waals surface area contributed by atoms with Crippen LogP contribution >= 0.6 is 23.2 Å². The van der Waals surface area contributed by atoms with Gasteiger partial charge in [-0.2, -0.15) is 0 Å². The molecule has 3 rings (SSSR count). The predicted octanol–water partition coefficient (Wildman–Crippen LogP) is 4.43. The maximum Gasteiger partial charge on any atom is 0.247 e. The number of ether oxygens (including phenoxy) is 1. The molecule has 148 valence electrons. The summed E-state index contributed by atoms with van der Waals surface area (Å²) in [4.78, 5) is 24.2. The highest BCUT2D eigenvalue weighted by molar-refractivity contribution is 6.34. The number of hydroxylamine groups is 1. The molecular formula is C20H20Cl2N2O4. The second kappa shape index (κ2) is 9.28. The van der Waals surface area contributed by atoms with Gasteiger partial charge in [0.1, 0.15) is 12.4 Å². The summed E-state index contributed by atoms with van der Waals surface area (Å²) in [6.07, 6.45) is 1.98. The van der Waals surface area contributed by atoms with Crippen molar-refractivity contribution in [2.24, 2.45) is 11.8 Å². The Kier molecular flexibility index (Phi) is 6.78. The molecule has 1 saturated carbocycles. The lowest BCUT2D eigenvalue weighted by Gasteiger charge is -2.17. The zero-order valence-electron chi connectivity index (χ0n) is 15.0. The zero-order valence-corrected chi connectivity index (χ0v) is 16.5. The molecule has 0 unspecified atom stereocenters. The lowest BCUT2D eigenvalue weighted by Crippen LogP contribution is -2.35. The van der Waals surface area contributed by atoms with Crippen molar-refractivity contribution in [1.29, 1.82) is 0 Å². The molecule has 0 radical (unpaired) electrons. The van der Waals surface area contributed by atoms with E-state index in [9.17, 15) is 9.59 Å². The SMILES string of the molecule is O=C(NO)[C@@H]1CCC[C@H]1C(=O)Nc1ccc(OCc2cc(Cl)cc(Cl)c2)cc1. The van der Waals surface area contributed by atoms with E-state index < -0.39 is 17.7 Å². The molecule has 2 amide bonds. The number of halogens is 2. The average Bonchev–Trinajstić information content (AvgIpc) is 3.16. The lowest BCUT2D eigenvalue weighted by molar-refractivity contribution is -0.137. The molecule has 2 aromatic rings. The Morgan fingerprint density at radius 3 is 2.21 bits per heavy atom. The molecule has 0 bridgehead atoms. The van der Waals surface area contributed by atoms with E-state index >= 15 is 0 Å². The first-order chi connectivity index (χ1) is 13.5. The number of rotatable bonds is 6. The first-order valence-corrected chi connectivity index (χ1v) is 9.64. The number of carbonyl (C=O) groups is 2. The third-order valence-electron chi connectivity index (χ3n) is 4.75. The van der Waals surface area contributed by atoms with Crippen LogP contribution in [0.3, 0.4) is 0 Å². The summed E-state index contributed by atoms with van der Waals surface area (Å²) >= 11 is 11.9. The van der Waals surface area contributed by atoms with E-state index in [1.54, 1.807) is 47.9 Å². The fourth-order valence-electron chi connectivity index (χ4n) is 3.40. The van der Waals surface area contributed by atoms with E-state index in [1.165, 1.54) is 0 Å². The van der Waals surface area contributed by atoms with E-state index in [2.05, 4.69) is 5.32 Å². The molecular weight excluding hydrogens is 403 g/mol. The number of nitrogens with one attached hydrogen (secondary N) is 2. The van der Waals surface area contributed by atoms with E-state index in [0.29, 0.717) is 40.9 Å². The summed E-state index contributed by atoms with van der Waals surface area (Å²) in [5, 5.41) is 12.7. The molecule has 3 N–H and O–H groups in total. The van der Waals surface area contributed by atoms with Crippen LogP contribution in [-0.2, 0) is 16.2 Å². The monoisotopic (exact) mass is 422 g/mol. The third kappa shape index (κ3) is 5.16. The summed E-state index contributed by atoms with van der Waals surface area (Å²) in [5.74, 6) is -1.06. The number of amides is 2. The van der Waals surface area contributed by atoms with Crippen LogP contribution in [0.25, 0.3) is 0 Å². The standard InChI is InChI=1S/C20H20Cl2N2O4/c21-13-8-12(9-14(22)10-13)11-28-16-6-4-15(5-7-16)23-19(25)17-2-1-3-18(17)20(26)24-27/h4-10,17-18,27H,1-3,11H2,(H,23,25)(H,24,26)/t17-,18-/m1/s1. The number of carbonyl (C=O) groups excluding carboxylic acids is 2. The second-order valence-electron chi connectivity index (χ2n) is 6.70. The molecule has 0 heterocycles. The normalized spacial score (nSPS) is 18.5. The van der Waals surface area contributed by atoms with Crippen LogP contribution in [0.1, 0.15) is 24.8 Å². The maximum atomic E-state index is 12.5. The number of benzene rings is 2. The number of anilines is 1. The summed E-state index contributed by atoms with van der Waals surface area (Å²) < 4.78 is 5.71. The molecule has 6 nitrogen and oxygen atoms in total. The van der Waals surface area contributed by atoms with Crippen molar-refractivity contribution >= 4 is 40.7 Å².